The number of hydrogen-bond acceptors (Lipinski definition) is 4. The second-order valence-electron chi connectivity index (χ2n) is 6.26. The fraction of sp³-hybridized carbons (Fsp3) is 0.286. The number of nitriles is 1. The van der Waals surface area contributed by atoms with Crippen molar-refractivity contribution in [2.24, 2.45) is 0 Å². The molecule has 0 spiro atoms. The zero-order valence-corrected chi connectivity index (χ0v) is 15.0. The zero-order valence-electron chi connectivity index (χ0n) is 15.0. The fourth-order valence-electron chi connectivity index (χ4n) is 2.40. The van der Waals surface area contributed by atoms with Crippen LogP contribution in [0, 0.1) is 11.3 Å². The van der Waals surface area contributed by atoms with Gasteiger partial charge in [-0.2, -0.15) is 5.26 Å². The van der Waals surface area contributed by atoms with E-state index in [1.54, 1.807) is 18.2 Å². The van der Waals surface area contributed by atoms with Gasteiger partial charge in [0.25, 0.3) is 5.91 Å². The first-order chi connectivity index (χ1) is 12.5. The van der Waals surface area contributed by atoms with Crippen LogP contribution in [-0.4, -0.2) is 25.0 Å². The number of hydrogen-bond donors (Lipinski definition) is 1. The molecule has 2 aromatic carbocycles. The smallest absolute Gasteiger partial charge is 0.338 e. The summed E-state index contributed by atoms with van der Waals surface area (Å²) in [7, 11) is 0. The van der Waals surface area contributed by atoms with Crippen molar-refractivity contribution in [2.75, 3.05) is 13.2 Å². The Morgan fingerprint density at radius 1 is 1.15 bits per heavy atom. The van der Waals surface area contributed by atoms with Crippen molar-refractivity contribution in [2.45, 2.75) is 26.2 Å². The Kier molecular flexibility index (Phi) is 6.92. The van der Waals surface area contributed by atoms with E-state index in [1.807, 2.05) is 6.07 Å². The Hall–Kier alpha value is -3.13. The number of carbonyl (C=O) groups is 2. The second-order valence-corrected chi connectivity index (χ2v) is 6.26. The van der Waals surface area contributed by atoms with Crippen molar-refractivity contribution in [1.29, 1.82) is 5.26 Å². The van der Waals surface area contributed by atoms with Crippen LogP contribution in [0.1, 0.15) is 46.8 Å². The third-order valence-electron chi connectivity index (χ3n) is 3.94. The van der Waals surface area contributed by atoms with Gasteiger partial charge in [-0.05, 0) is 41.7 Å². The lowest BCUT2D eigenvalue weighted by Crippen LogP contribution is -2.30. The van der Waals surface area contributed by atoms with Crippen LogP contribution in [0.15, 0.2) is 48.5 Å². The number of benzene rings is 2. The first-order valence-electron chi connectivity index (χ1n) is 8.52. The highest BCUT2D eigenvalue weighted by Crippen LogP contribution is 2.14. The lowest BCUT2D eigenvalue weighted by Gasteiger charge is -2.08. The van der Waals surface area contributed by atoms with Gasteiger partial charge in [0.15, 0.2) is 6.61 Å². The van der Waals surface area contributed by atoms with Crippen molar-refractivity contribution in [3.63, 3.8) is 0 Å². The molecule has 0 bridgehead atoms. The highest BCUT2D eigenvalue weighted by molar-refractivity contribution is 5.91. The molecule has 0 aliphatic carbocycles. The van der Waals surface area contributed by atoms with Crippen LogP contribution in [0.5, 0.6) is 0 Å². The van der Waals surface area contributed by atoms with E-state index in [-0.39, 0.29) is 18.1 Å². The summed E-state index contributed by atoms with van der Waals surface area (Å²) in [5.74, 6) is -0.484. The number of esters is 1. The molecule has 0 heterocycles. The number of ether oxygens (including phenoxy) is 1. The molecule has 5 heteroatoms. The fourth-order valence-corrected chi connectivity index (χ4v) is 2.40. The van der Waals surface area contributed by atoms with Gasteiger partial charge in [-0.3, -0.25) is 4.79 Å². The third-order valence-corrected chi connectivity index (χ3v) is 3.94. The Morgan fingerprint density at radius 2 is 1.88 bits per heavy atom. The molecule has 1 amide bonds. The molecular formula is C21H22N2O3. The molecule has 0 aromatic heterocycles. The maximum atomic E-state index is 11.9. The Bertz CT molecular complexity index is 805. The average molecular weight is 350 g/mol. The number of carbonyl (C=O) groups excluding carboxylic acids is 2. The van der Waals surface area contributed by atoms with Gasteiger partial charge in [0.2, 0.25) is 0 Å². The first-order valence-corrected chi connectivity index (χ1v) is 8.52. The Morgan fingerprint density at radius 3 is 2.54 bits per heavy atom. The SMILES string of the molecule is CC(C)c1ccc(CCNC(=O)COC(=O)c2cccc(C#N)c2)cc1. The van der Waals surface area contributed by atoms with E-state index in [0.29, 0.717) is 24.4 Å². The Balaban J connectivity index is 1.73. The maximum Gasteiger partial charge on any atom is 0.338 e. The maximum absolute atomic E-state index is 11.9. The zero-order chi connectivity index (χ0) is 18.9. The van der Waals surface area contributed by atoms with Crippen molar-refractivity contribution in [3.05, 3.63) is 70.8 Å². The van der Waals surface area contributed by atoms with Crippen LogP contribution in [0.25, 0.3) is 0 Å². The van der Waals surface area contributed by atoms with Gasteiger partial charge in [-0.15, -0.1) is 0 Å². The van der Waals surface area contributed by atoms with Gasteiger partial charge < -0.3 is 10.1 Å². The van der Waals surface area contributed by atoms with Gasteiger partial charge in [0.05, 0.1) is 17.2 Å². The summed E-state index contributed by atoms with van der Waals surface area (Å²) in [6.45, 7) is 4.42. The number of nitrogens with one attached hydrogen (secondary N) is 1. The summed E-state index contributed by atoms with van der Waals surface area (Å²) in [4.78, 5) is 23.7. The molecule has 2 aromatic rings. The lowest BCUT2D eigenvalue weighted by atomic mass is 10.0. The van der Waals surface area contributed by atoms with Gasteiger partial charge >= 0.3 is 5.97 Å². The summed E-state index contributed by atoms with van der Waals surface area (Å²) in [6.07, 6.45) is 0.711. The molecule has 0 saturated carbocycles. The third kappa shape index (κ3) is 5.75. The molecule has 0 aliphatic heterocycles. The Labute approximate surface area is 153 Å². The molecule has 0 aliphatic rings. The van der Waals surface area contributed by atoms with Crippen LogP contribution in [0.4, 0.5) is 0 Å². The van der Waals surface area contributed by atoms with Crippen molar-refractivity contribution < 1.29 is 14.3 Å². The van der Waals surface area contributed by atoms with E-state index in [9.17, 15) is 9.59 Å². The minimum atomic E-state index is -0.624. The highest BCUT2D eigenvalue weighted by Gasteiger charge is 2.10. The first kappa shape index (κ1) is 19.2. The van der Waals surface area contributed by atoms with Crippen LogP contribution >= 0.6 is 0 Å². The van der Waals surface area contributed by atoms with Crippen LogP contribution < -0.4 is 5.32 Å². The summed E-state index contributed by atoms with van der Waals surface area (Å²) >= 11 is 0. The second kappa shape index (κ2) is 9.38. The molecule has 0 radical (unpaired) electrons. The standard InChI is InChI=1S/C21H22N2O3/c1-15(2)18-8-6-16(7-9-18)10-11-23-20(24)14-26-21(25)19-5-3-4-17(12-19)13-22/h3-9,12,15H,10-11,14H2,1-2H3,(H,23,24). The minimum absolute atomic E-state index is 0.252. The van der Waals surface area contributed by atoms with Gasteiger partial charge in [0, 0.05) is 6.54 Å². The molecule has 0 saturated heterocycles. The monoisotopic (exact) mass is 350 g/mol. The number of rotatable bonds is 7. The van der Waals surface area contributed by atoms with Crippen molar-refractivity contribution >= 4 is 11.9 Å². The quantitative estimate of drug-likeness (QED) is 0.778. The molecule has 26 heavy (non-hydrogen) atoms. The topological polar surface area (TPSA) is 79.2 Å². The van der Waals surface area contributed by atoms with E-state index >= 15 is 0 Å². The van der Waals surface area contributed by atoms with Crippen molar-refractivity contribution in [1.82, 2.24) is 5.32 Å². The molecule has 2 rings (SSSR count). The molecule has 5 nitrogen and oxygen atoms in total. The number of nitrogens with zero attached hydrogens (tertiary/aromatic N) is 1. The van der Waals surface area contributed by atoms with E-state index in [0.717, 1.165) is 5.56 Å². The van der Waals surface area contributed by atoms with Gasteiger partial charge in [-0.25, -0.2) is 4.79 Å². The predicted octanol–water partition coefficient (Wildman–Crippen LogP) is 3.20. The van der Waals surface area contributed by atoms with E-state index in [1.165, 1.54) is 11.6 Å². The largest absolute Gasteiger partial charge is 0.452 e. The molecule has 134 valence electrons. The summed E-state index contributed by atoms with van der Waals surface area (Å²) in [5, 5.41) is 11.6. The highest BCUT2D eigenvalue weighted by atomic mass is 16.5. The van der Waals surface area contributed by atoms with Crippen LogP contribution in [0.3, 0.4) is 0 Å². The van der Waals surface area contributed by atoms with Gasteiger partial charge in [-0.1, -0.05) is 44.2 Å². The lowest BCUT2D eigenvalue weighted by molar-refractivity contribution is -0.124. The molecule has 1 N–H and O–H groups in total. The van der Waals surface area contributed by atoms with Crippen LogP contribution in [-0.2, 0) is 16.0 Å². The molecule has 0 unspecified atom stereocenters. The molecule has 0 fully saturated rings. The normalized spacial score (nSPS) is 10.2. The van der Waals surface area contributed by atoms with E-state index in [2.05, 4.69) is 43.4 Å². The summed E-state index contributed by atoms with van der Waals surface area (Å²) in [5.41, 5.74) is 3.04. The van der Waals surface area contributed by atoms with Gasteiger partial charge in [0.1, 0.15) is 0 Å². The molecule has 0 atom stereocenters. The molecular weight excluding hydrogens is 328 g/mol. The average Bonchev–Trinajstić information content (AvgIpc) is 2.66. The predicted molar refractivity (Wildman–Crippen MR) is 98.7 cm³/mol. The minimum Gasteiger partial charge on any atom is -0.452 e. The van der Waals surface area contributed by atoms with E-state index in [4.69, 9.17) is 10.00 Å². The number of amides is 1. The van der Waals surface area contributed by atoms with Crippen molar-refractivity contribution in [3.8, 4) is 6.07 Å². The van der Waals surface area contributed by atoms with E-state index < -0.39 is 5.97 Å². The van der Waals surface area contributed by atoms with Crippen LogP contribution in [0.2, 0.25) is 0 Å². The summed E-state index contributed by atoms with van der Waals surface area (Å²) in [6, 6.07) is 16.4. The summed E-state index contributed by atoms with van der Waals surface area (Å²) < 4.78 is 4.97.